The molecule has 0 unspecified atom stereocenters. The minimum atomic E-state index is -0.220. The zero-order chi connectivity index (χ0) is 19.5. The fraction of sp³-hybridized carbons (Fsp3) is 1.00. The van der Waals surface area contributed by atoms with Crippen LogP contribution in [0.5, 0.6) is 0 Å². The van der Waals surface area contributed by atoms with E-state index < -0.39 is 0 Å². The van der Waals surface area contributed by atoms with Gasteiger partial charge in [0, 0.05) is 12.8 Å². The molecule has 0 saturated carbocycles. The number of hydrogen-bond donors (Lipinski definition) is 0. The van der Waals surface area contributed by atoms with Gasteiger partial charge in [-0.2, -0.15) is 0 Å². The van der Waals surface area contributed by atoms with E-state index in [9.17, 15) is 0 Å². The second kappa shape index (κ2) is 18.0. The molecule has 0 amide bonds. The molecule has 0 spiro atoms. The third kappa shape index (κ3) is 13.7. The maximum Gasteiger partial charge on any atom is 0.168 e. The van der Waals surface area contributed by atoms with E-state index in [-0.39, 0.29) is 5.79 Å². The maximum absolute atomic E-state index is 6.06. The first-order valence-corrected chi connectivity index (χ1v) is 12.6. The molecule has 0 aromatic heterocycles. The largest absolute Gasteiger partial charge is 0.348 e. The van der Waals surface area contributed by atoms with Crippen LogP contribution >= 0.6 is 0 Å². The molecule has 1 heterocycles. The van der Waals surface area contributed by atoms with Crippen molar-refractivity contribution in [3.63, 3.8) is 0 Å². The Kier molecular flexibility index (Phi) is 16.6. The van der Waals surface area contributed by atoms with Crippen LogP contribution in [-0.2, 0) is 9.47 Å². The van der Waals surface area contributed by atoms with E-state index in [2.05, 4.69) is 13.8 Å². The Bertz CT molecular complexity index is 297. The Morgan fingerprint density at radius 1 is 0.444 bits per heavy atom. The van der Waals surface area contributed by atoms with Gasteiger partial charge in [0.25, 0.3) is 0 Å². The summed E-state index contributed by atoms with van der Waals surface area (Å²) < 4.78 is 12.1. The fourth-order valence-electron chi connectivity index (χ4n) is 4.32. The highest BCUT2D eigenvalue weighted by atomic mass is 16.7. The quantitative estimate of drug-likeness (QED) is 0.196. The molecule has 0 bridgehead atoms. The van der Waals surface area contributed by atoms with Gasteiger partial charge in [-0.1, -0.05) is 117 Å². The van der Waals surface area contributed by atoms with E-state index in [1.807, 2.05) is 0 Å². The van der Waals surface area contributed by atoms with E-state index in [1.165, 1.54) is 116 Å². The minimum Gasteiger partial charge on any atom is -0.348 e. The lowest BCUT2D eigenvalue weighted by Crippen LogP contribution is -2.30. The van der Waals surface area contributed by atoms with Gasteiger partial charge in [-0.05, 0) is 12.8 Å². The van der Waals surface area contributed by atoms with Crippen molar-refractivity contribution in [2.45, 2.75) is 148 Å². The van der Waals surface area contributed by atoms with Crippen LogP contribution in [0.25, 0.3) is 0 Å². The molecule has 0 aromatic rings. The molecule has 2 heteroatoms. The zero-order valence-electron chi connectivity index (χ0n) is 18.9. The number of rotatable bonds is 20. The molecule has 2 nitrogen and oxygen atoms in total. The van der Waals surface area contributed by atoms with Crippen LogP contribution in [-0.4, -0.2) is 19.0 Å². The van der Waals surface area contributed by atoms with Crippen molar-refractivity contribution in [1.82, 2.24) is 0 Å². The first kappa shape index (κ1) is 25.0. The molecule has 1 rings (SSSR count). The second-order valence-electron chi connectivity index (χ2n) is 8.76. The van der Waals surface area contributed by atoms with Gasteiger partial charge in [-0.15, -0.1) is 0 Å². The third-order valence-electron chi connectivity index (χ3n) is 6.14. The van der Waals surface area contributed by atoms with Gasteiger partial charge in [-0.25, -0.2) is 0 Å². The summed E-state index contributed by atoms with van der Waals surface area (Å²) in [5, 5.41) is 0. The number of unbranched alkanes of at least 4 members (excludes halogenated alkanes) is 16. The molecule has 162 valence electrons. The molecule has 1 aliphatic rings. The zero-order valence-corrected chi connectivity index (χ0v) is 18.9. The van der Waals surface area contributed by atoms with Crippen LogP contribution in [0.4, 0.5) is 0 Å². The summed E-state index contributed by atoms with van der Waals surface area (Å²) in [5.41, 5.74) is 0. The highest BCUT2D eigenvalue weighted by Crippen LogP contribution is 2.32. The Balaban J connectivity index is 1.98. The first-order valence-electron chi connectivity index (χ1n) is 12.6. The Morgan fingerprint density at radius 2 is 0.741 bits per heavy atom. The molecule has 0 aliphatic carbocycles. The predicted molar refractivity (Wildman–Crippen MR) is 118 cm³/mol. The maximum atomic E-state index is 6.06. The third-order valence-corrected chi connectivity index (χ3v) is 6.14. The summed E-state index contributed by atoms with van der Waals surface area (Å²) in [6.07, 6.45) is 27.2. The topological polar surface area (TPSA) is 18.5 Å². The van der Waals surface area contributed by atoms with E-state index in [1.54, 1.807) is 0 Å². The van der Waals surface area contributed by atoms with Crippen molar-refractivity contribution in [2.75, 3.05) is 13.2 Å². The molecule has 1 saturated heterocycles. The number of hydrogen-bond acceptors (Lipinski definition) is 2. The fourth-order valence-corrected chi connectivity index (χ4v) is 4.32. The van der Waals surface area contributed by atoms with E-state index in [0.29, 0.717) is 0 Å². The molecule has 0 N–H and O–H groups in total. The molecule has 27 heavy (non-hydrogen) atoms. The lowest BCUT2D eigenvalue weighted by molar-refractivity contribution is -0.168. The van der Waals surface area contributed by atoms with Gasteiger partial charge in [0.05, 0.1) is 13.2 Å². The summed E-state index contributed by atoms with van der Waals surface area (Å²) in [7, 11) is 0. The average Bonchev–Trinajstić information content (AvgIpc) is 3.14. The van der Waals surface area contributed by atoms with E-state index in [4.69, 9.17) is 9.47 Å². The Labute approximate surface area is 171 Å². The second-order valence-corrected chi connectivity index (χ2v) is 8.76. The highest BCUT2D eigenvalue weighted by Gasteiger charge is 2.35. The predicted octanol–water partition coefficient (Wildman–Crippen LogP) is 8.57. The molecule has 1 fully saturated rings. The summed E-state index contributed by atoms with van der Waals surface area (Å²) in [6, 6.07) is 0. The average molecular weight is 383 g/mol. The summed E-state index contributed by atoms with van der Waals surface area (Å²) in [5.74, 6) is -0.220. The van der Waals surface area contributed by atoms with Crippen LogP contribution in [0.15, 0.2) is 0 Å². The lowest BCUT2D eigenvalue weighted by atomic mass is 9.98. The van der Waals surface area contributed by atoms with Gasteiger partial charge < -0.3 is 9.47 Å². The summed E-state index contributed by atoms with van der Waals surface area (Å²) in [6.45, 7) is 6.18. The Morgan fingerprint density at radius 3 is 1.07 bits per heavy atom. The SMILES string of the molecule is CCCCCCCCCCCCC1(CCCCCCCCCC)OCCO1. The van der Waals surface area contributed by atoms with Gasteiger partial charge in [0.2, 0.25) is 0 Å². The monoisotopic (exact) mass is 382 g/mol. The van der Waals surface area contributed by atoms with Crippen LogP contribution in [0, 0.1) is 0 Å². The van der Waals surface area contributed by atoms with Crippen LogP contribution < -0.4 is 0 Å². The molecule has 1 aliphatic heterocycles. The Hall–Kier alpha value is -0.0800. The van der Waals surface area contributed by atoms with Crippen LogP contribution in [0.1, 0.15) is 142 Å². The van der Waals surface area contributed by atoms with Crippen molar-refractivity contribution in [3.05, 3.63) is 0 Å². The van der Waals surface area contributed by atoms with E-state index >= 15 is 0 Å². The molecular formula is C25H50O2. The van der Waals surface area contributed by atoms with Crippen LogP contribution in [0.2, 0.25) is 0 Å². The van der Waals surface area contributed by atoms with E-state index in [0.717, 1.165) is 26.1 Å². The number of ether oxygens (including phenoxy) is 2. The molecular weight excluding hydrogens is 332 g/mol. The lowest BCUT2D eigenvalue weighted by Gasteiger charge is -2.27. The van der Waals surface area contributed by atoms with Gasteiger partial charge in [-0.3, -0.25) is 0 Å². The van der Waals surface area contributed by atoms with Crippen molar-refractivity contribution >= 4 is 0 Å². The van der Waals surface area contributed by atoms with Crippen molar-refractivity contribution in [2.24, 2.45) is 0 Å². The smallest absolute Gasteiger partial charge is 0.168 e. The highest BCUT2D eigenvalue weighted by molar-refractivity contribution is 4.74. The van der Waals surface area contributed by atoms with Gasteiger partial charge in [0.1, 0.15) is 0 Å². The normalized spacial score (nSPS) is 16.2. The molecule has 0 aromatic carbocycles. The summed E-state index contributed by atoms with van der Waals surface area (Å²) in [4.78, 5) is 0. The van der Waals surface area contributed by atoms with Crippen molar-refractivity contribution in [1.29, 1.82) is 0 Å². The first-order chi connectivity index (χ1) is 13.3. The van der Waals surface area contributed by atoms with Crippen molar-refractivity contribution < 1.29 is 9.47 Å². The van der Waals surface area contributed by atoms with Crippen molar-refractivity contribution in [3.8, 4) is 0 Å². The molecule has 0 atom stereocenters. The van der Waals surface area contributed by atoms with Gasteiger partial charge >= 0.3 is 0 Å². The van der Waals surface area contributed by atoms with Crippen LogP contribution in [0.3, 0.4) is 0 Å². The standard InChI is InChI=1S/C25H50O2/c1-3-5-7-9-11-13-14-16-18-20-22-25(26-23-24-27-25)21-19-17-15-12-10-8-6-4-2/h3-24H2,1-2H3. The molecule has 0 radical (unpaired) electrons. The van der Waals surface area contributed by atoms with Gasteiger partial charge in [0.15, 0.2) is 5.79 Å². The summed E-state index contributed by atoms with van der Waals surface area (Å²) >= 11 is 0. The minimum absolute atomic E-state index is 0.220.